The number of carbonyl (C=O) groups is 10. The molecule has 2 aliphatic carbocycles. The number of guanidine groups is 1. The number of fused-ring (bicyclic) bond motifs is 1. The first-order chi connectivity index (χ1) is 39.8. The molecule has 5 aliphatic rings. The summed E-state index contributed by atoms with van der Waals surface area (Å²) < 4.78 is 0. The number of hydrogen-bond acceptors (Lipinski definition) is 16. The Morgan fingerprint density at radius 3 is 1.98 bits per heavy atom. The summed E-state index contributed by atoms with van der Waals surface area (Å²) in [6.45, 7) is -1.28. The van der Waals surface area contributed by atoms with E-state index in [1.165, 1.54) is 14.7 Å². The molecular weight excluding hydrogens is 1080 g/mol. The number of nitrogens with zero attached hydrogens (tertiary/aromatic N) is 4. The molecule has 1 aromatic carbocycles. The summed E-state index contributed by atoms with van der Waals surface area (Å²) in [6.07, 6.45) is 7.27. The van der Waals surface area contributed by atoms with Crippen LogP contribution in [0.4, 0.5) is 0 Å². The lowest BCUT2D eigenvalue weighted by Crippen LogP contribution is -2.62. The first-order valence-electron chi connectivity index (χ1n) is 29.3. The Labute approximate surface area is 483 Å². The van der Waals surface area contributed by atoms with Crippen molar-refractivity contribution in [2.45, 2.75) is 170 Å². The van der Waals surface area contributed by atoms with Gasteiger partial charge in [-0.2, -0.15) is 0 Å². The maximum Gasteiger partial charge on any atom is 0.326 e. The molecule has 0 spiro atoms. The molecule has 6 rings (SSSR count). The van der Waals surface area contributed by atoms with Gasteiger partial charge in [-0.15, -0.1) is 0 Å². The molecule has 0 aromatic heterocycles. The fourth-order valence-corrected chi connectivity index (χ4v) is 12.2. The summed E-state index contributed by atoms with van der Waals surface area (Å²) in [4.78, 5) is 145. The van der Waals surface area contributed by atoms with Crippen molar-refractivity contribution in [3.63, 3.8) is 0 Å². The Hall–Kier alpha value is -7.01. The average molecular weight is 1170 g/mol. The van der Waals surface area contributed by atoms with E-state index in [4.69, 9.17) is 22.9 Å². The van der Waals surface area contributed by atoms with Crippen LogP contribution in [0.5, 0.6) is 0 Å². The van der Waals surface area contributed by atoms with E-state index < -0.39 is 121 Å². The predicted molar refractivity (Wildman–Crippen MR) is 301 cm³/mol. The molecule has 83 heavy (non-hydrogen) atoms. The minimum atomic E-state index is -1.57. The Morgan fingerprint density at radius 1 is 0.663 bits per heavy atom. The number of aliphatic imine (C=N–C) groups is 1. The van der Waals surface area contributed by atoms with E-state index in [2.05, 4.69) is 42.2 Å². The third-order valence-corrected chi connectivity index (χ3v) is 16.5. The number of benzene rings is 1. The Kier molecular flexibility index (Phi) is 25.2. The van der Waals surface area contributed by atoms with E-state index in [0.29, 0.717) is 45.1 Å². The van der Waals surface area contributed by atoms with Crippen molar-refractivity contribution >= 4 is 65.1 Å². The molecule has 1 aromatic rings. The number of nitrogens with two attached hydrogens (primary N) is 4. The molecule has 2 saturated heterocycles. The van der Waals surface area contributed by atoms with Gasteiger partial charge in [0.1, 0.15) is 42.3 Å². The van der Waals surface area contributed by atoms with Crippen LogP contribution in [-0.4, -0.2) is 209 Å². The number of aliphatic hydroxyl groups excluding tert-OH is 2. The molecule has 3 aliphatic heterocycles. The van der Waals surface area contributed by atoms with Crippen molar-refractivity contribution in [3.8, 4) is 0 Å². The molecule has 4 fully saturated rings. The maximum atomic E-state index is 14.4. The van der Waals surface area contributed by atoms with Gasteiger partial charge in [0.25, 0.3) is 0 Å². The number of carbonyl (C=O) groups excluding carboxylic acids is 9. The van der Waals surface area contributed by atoms with Crippen LogP contribution in [0.1, 0.15) is 114 Å². The minimum Gasteiger partial charge on any atom is -0.480 e. The van der Waals surface area contributed by atoms with Gasteiger partial charge in [-0.25, -0.2) is 4.79 Å². The first kappa shape index (κ1) is 65.1. The highest BCUT2D eigenvalue weighted by atomic mass is 16.4. The van der Waals surface area contributed by atoms with Gasteiger partial charge in [-0.3, -0.25) is 48.1 Å². The van der Waals surface area contributed by atoms with E-state index in [1.54, 1.807) is 18.2 Å². The molecule has 28 nitrogen and oxygen atoms in total. The Morgan fingerprint density at radius 2 is 1.33 bits per heavy atom. The highest BCUT2D eigenvalue weighted by molar-refractivity contribution is 5.98. The van der Waals surface area contributed by atoms with E-state index in [1.807, 2.05) is 6.07 Å². The second kappa shape index (κ2) is 32.2. The lowest BCUT2D eigenvalue weighted by atomic mass is 9.91. The lowest BCUT2D eigenvalue weighted by molar-refractivity contribution is -0.148. The van der Waals surface area contributed by atoms with Crippen LogP contribution < -0.4 is 60.2 Å². The smallest absolute Gasteiger partial charge is 0.326 e. The average Bonchev–Trinajstić information content (AvgIpc) is 4.42. The van der Waals surface area contributed by atoms with Crippen molar-refractivity contribution in [1.29, 1.82) is 0 Å². The van der Waals surface area contributed by atoms with Gasteiger partial charge in [-0.1, -0.05) is 56.4 Å². The van der Waals surface area contributed by atoms with E-state index in [9.17, 15) is 63.3 Å². The Balaban J connectivity index is 1.07. The third kappa shape index (κ3) is 18.5. The van der Waals surface area contributed by atoms with Crippen LogP contribution in [0.15, 0.2) is 29.3 Å². The number of carboxylic acid groups (broad SMARTS) is 1. The molecule has 28 heteroatoms. The number of aliphatic hydroxyl groups is 2. The quantitative estimate of drug-likeness (QED) is 0.0197. The number of β-amino-alcohol motifs (C(OH)–C–C–N with tert-alkyl or cyclic N) is 1. The summed E-state index contributed by atoms with van der Waals surface area (Å²) in [7, 11) is 0. The standard InChI is InChI=1S/C55H87N15O13/c56-20-8-7-17-36(63-43(73)25-57)26-60-27-44(74)64-38(18-9-21-61-55(58)59)51(79)68-22-10-19-40(68)53(81)70-30-37(72)24-42(70)48(76)62-28-45(75)66-46(32-11-1-2-12-32)50(78)65-39(31-71)52(80)69-29-35-16-6-5-15-34(35)23-41(69)49(77)67-47(54(82)83)33-13-3-4-14-33/h5-6,15-16,32-33,36-42,46-47,60,71-72H,1-4,7-14,17-31,56-57H2,(H,62,76)(H,63,73)(H,64,74)(H,65,78)(H,66,75)(H,67,77)(H,82,83)(H4,58,59,61)/t36-,37+,38-,39-,40-,41+,42-,46-,47-/m0/s1. The van der Waals surface area contributed by atoms with Gasteiger partial charge in [0.15, 0.2) is 5.96 Å². The van der Waals surface area contributed by atoms with E-state index in [-0.39, 0.29) is 102 Å². The van der Waals surface area contributed by atoms with E-state index >= 15 is 0 Å². The fourth-order valence-electron chi connectivity index (χ4n) is 12.2. The lowest BCUT2D eigenvalue weighted by Gasteiger charge is -2.38. The predicted octanol–water partition coefficient (Wildman–Crippen LogP) is -4.38. The van der Waals surface area contributed by atoms with Crippen LogP contribution in [0, 0.1) is 11.8 Å². The van der Waals surface area contributed by atoms with Crippen molar-refractivity contribution in [2.24, 2.45) is 39.8 Å². The number of unbranched alkanes of at least 4 members (excludes halogenated alkanes) is 1. The number of likely N-dealkylation sites (tertiary alicyclic amines) is 2. The van der Waals surface area contributed by atoms with Crippen LogP contribution >= 0.6 is 0 Å². The van der Waals surface area contributed by atoms with Crippen LogP contribution in [0.3, 0.4) is 0 Å². The molecule has 0 radical (unpaired) electrons. The topological polar surface area (TPSA) is 442 Å². The van der Waals surface area contributed by atoms with Crippen molar-refractivity contribution in [3.05, 3.63) is 35.4 Å². The fraction of sp³-hybridized carbons (Fsp3) is 0.691. The van der Waals surface area contributed by atoms with Gasteiger partial charge in [-0.05, 0) is 93.7 Å². The largest absolute Gasteiger partial charge is 0.480 e. The summed E-state index contributed by atoms with van der Waals surface area (Å²) >= 11 is 0. The van der Waals surface area contributed by atoms with Crippen LogP contribution in [-0.2, 0) is 60.9 Å². The van der Waals surface area contributed by atoms with E-state index in [0.717, 1.165) is 49.7 Å². The van der Waals surface area contributed by atoms with Gasteiger partial charge in [0.05, 0.1) is 32.3 Å². The molecule has 18 N–H and O–H groups in total. The highest BCUT2D eigenvalue weighted by Gasteiger charge is 2.47. The number of amides is 9. The van der Waals surface area contributed by atoms with Crippen molar-refractivity contribution in [1.82, 2.24) is 51.9 Å². The SMILES string of the molecule is NCCCC[C@@H](CNCC(=O)N[C@@H](CCCN=C(N)N)C(=O)N1CCC[C@H]1C(=O)N1C[C@H](O)C[C@H]1C(=O)NCC(=O)N[C@H](C(=O)N[C@@H](CO)C(=O)N1Cc2ccccc2C[C@@H]1C(=O)N[C@H](C(=O)O)C1CCCC1)C1CCCC1)NC(=O)CN. The Bertz CT molecular complexity index is 2470. The van der Waals surface area contributed by atoms with Crippen LogP contribution in [0.25, 0.3) is 0 Å². The zero-order valence-electron chi connectivity index (χ0n) is 47.3. The van der Waals surface area contributed by atoms with Crippen LogP contribution in [0.2, 0.25) is 0 Å². The summed E-state index contributed by atoms with van der Waals surface area (Å²) in [5, 5.41) is 50.7. The molecule has 0 bridgehead atoms. The zero-order chi connectivity index (χ0) is 60.2. The molecule has 0 unspecified atom stereocenters. The van der Waals surface area contributed by atoms with Crippen molar-refractivity contribution in [2.75, 3.05) is 59.0 Å². The molecule has 460 valence electrons. The summed E-state index contributed by atoms with van der Waals surface area (Å²) in [5.41, 5.74) is 23.7. The summed E-state index contributed by atoms with van der Waals surface area (Å²) in [5.74, 6) is -7.92. The molecular formula is C55H87N15O13. The molecule has 9 atom stereocenters. The first-order valence-corrected chi connectivity index (χ1v) is 29.3. The number of nitrogens with one attached hydrogen (secondary N) is 7. The zero-order valence-corrected chi connectivity index (χ0v) is 47.3. The molecule has 3 heterocycles. The molecule has 2 saturated carbocycles. The summed E-state index contributed by atoms with van der Waals surface area (Å²) in [6, 6.07) is -1.73. The number of aliphatic carboxylic acids is 1. The number of carboxylic acids is 1. The van der Waals surface area contributed by atoms with Gasteiger partial charge < -0.3 is 90.2 Å². The normalized spacial score (nSPS) is 21.6. The van der Waals surface area contributed by atoms with Gasteiger partial charge >= 0.3 is 5.97 Å². The van der Waals surface area contributed by atoms with Gasteiger partial charge in [0, 0.05) is 51.6 Å². The minimum absolute atomic E-state index is 0.0532. The highest BCUT2D eigenvalue weighted by Crippen LogP contribution is 2.31. The maximum absolute atomic E-state index is 14.4. The second-order valence-corrected chi connectivity index (χ2v) is 22.4. The van der Waals surface area contributed by atoms with Crippen molar-refractivity contribution < 1.29 is 63.3 Å². The monoisotopic (exact) mass is 1170 g/mol. The number of rotatable bonds is 30. The molecule has 9 amide bonds. The third-order valence-electron chi connectivity index (χ3n) is 16.5. The number of hydrogen-bond donors (Lipinski definition) is 14. The second-order valence-electron chi connectivity index (χ2n) is 22.4. The van der Waals surface area contributed by atoms with Gasteiger partial charge in [0.2, 0.25) is 53.2 Å².